The van der Waals surface area contributed by atoms with Crippen LogP contribution in [0.5, 0.6) is 5.75 Å². The molecule has 1 fully saturated rings. The Labute approximate surface area is 165 Å². The Morgan fingerprint density at radius 2 is 1.82 bits per heavy atom. The maximum Gasteiger partial charge on any atom is 0.236 e. The molecule has 5 nitrogen and oxygen atoms in total. The van der Waals surface area contributed by atoms with E-state index in [2.05, 4.69) is 17.0 Å². The van der Waals surface area contributed by atoms with Crippen LogP contribution in [0.2, 0.25) is 0 Å². The standard InChI is InChI=1S/C22H26FN3O2/c1-28-19-7-6-17-8-9-24(15-18(17)14-19)16-22(27)26-12-10-25(11-13-26)21-5-3-2-4-20(21)23/h2-7,14H,8-13,15-16H2,1H3. The third-order valence-electron chi connectivity index (χ3n) is 5.69. The molecule has 0 atom stereocenters. The van der Waals surface area contributed by atoms with Gasteiger partial charge in [0.15, 0.2) is 0 Å². The first-order chi connectivity index (χ1) is 13.6. The number of para-hydroxylation sites is 1. The van der Waals surface area contributed by atoms with E-state index >= 15 is 0 Å². The second-order valence-electron chi connectivity index (χ2n) is 7.41. The molecule has 2 aliphatic heterocycles. The van der Waals surface area contributed by atoms with E-state index in [0.717, 1.165) is 25.3 Å². The van der Waals surface area contributed by atoms with E-state index in [0.29, 0.717) is 38.4 Å². The van der Waals surface area contributed by atoms with Crippen molar-refractivity contribution >= 4 is 11.6 Å². The van der Waals surface area contributed by atoms with Crippen LogP contribution < -0.4 is 9.64 Å². The van der Waals surface area contributed by atoms with Crippen molar-refractivity contribution < 1.29 is 13.9 Å². The van der Waals surface area contributed by atoms with Crippen molar-refractivity contribution in [2.24, 2.45) is 0 Å². The van der Waals surface area contributed by atoms with Gasteiger partial charge in [0.2, 0.25) is 5.91 Å². The summed E-state index contributed by atoms with van der Waals surface area (Å²) in [5, 5.41) is 0. The Kier molecular flexibility index (Phi) is 5.48. The number of fused-ring (bicyclic) bond motifs is 1. The first kappa shape index (κ1) is 18.7. The number of halogens is 1. The Morgan fingerprint density at radius 1 is 1.04 bits per heavy atom. The number of piperazine rings is 1. The molecule has 1 amide bonds. The Hall–Kier alpha value is -2.60. The third-order valence-corrected chi connectivity index (χ3v) is 5.69. The normalized spacial score (nSPS) is 17.4. The minimum Gasteiger partial charge on any atom is -0.497 e. The largest absolute Gasteiger partial charge is 0.497 e. The van der Waals surface area contributed by atoms with Crippen LogP contribution in [0.15, 0.2) is 42.5 Å². The average Bonchev–Trinajstić information content (AvgIpc) is 2.73. The lowest BCUT2D eigenvalue weighted by atomic mass is 9.99. The van der Waals surface area contributed by atoms with Crippen LogP contribution in [0.1, 0.15) is 11.1 Å². The van der Waals surface area contributed by atoms with Crippen LogP contribution in [0, 0.1) is 5.82 Å². The zero-order valence-electron chi connectivity index (χ0n) is 16.2. The predicted octanol–water partition coefficient (Wildman–Crippen LogP) is 2.54. The molecule has 2 aliphatic rings. The summed E-state index contributed by atoms with van der Waals surface area (Å²) in [6.07, 6.45) is 0.952. The summed E-state index contributed by atoms with van der Waals surface area (Å²) in [5.74, 6) is 0.806. The van der Waals surface area contributed by atoms with Gasteiger partial charge in [0.05, 0.1) is 19.3 Å². The van der Waals surface area contributed by atoms with E-state index in [9.17, 15) is 9.18 Å². The topological polar surface area (TPSA) is 36.0 Å². The highest BCUT2D eigenvalue weighted by atomic mass is 19.1. The van der Waals surface area contributed by atoms with E-state index in [1.165, 1.54) is 17.2 Å². The molecule has 0 saturated carbocycles. The monoisotopic (exact) mass is 383 g/mol. The number of rotatable bonds is 4. The molecule has 2 aromatic rings. The number of nitrogens with zero attached hydrogens (tertiary/aromatic N) is 3. The zero-order chi connectivity index (χ0) is 19.5. The lowest BCUT2D eigenvalue weighted by Gasteiger charge is -2.37. The molecule has 0 radical (unpaired) electrons. The number of carbonyl (C=O) groups is 1. The van der Waals surface area contributed by atoms with Crippen molar-refractivity contribution in [2.75, 3.05) is 51.3 Å². The van der Waals surface area contributed by atoms with E-state index in [1.807, 2.05) is 21.9 Å². The molecule has 0 N–H and O–H groups in total. The van der Waals surface area contributed by atoms with Gasteiger partial charge in [-0.1, -0.05) is 18.2 Å². The second-order valence-corrected chi connectivity index (χ2v) is 7.41. The van der Waals surface area contributed by atoms with Gasteiger partial charge in [-0.25, -0.2) is 4.39 Å². The number of carbonyl (C=O) groups excluding carboxylic acids is 1. The summed E-state index contributed by atoms with van der Waals surface area (Å²) in [5.41, 5.74) is 3.20. The van der Waals surface area contributed by atoms with E-state index < -0.39 is 0 Å². The van der Waals surface area contributed by atoms with Gasteiger partial charge in [-0.05, 0) is 41.8 Å². The molecular weight excluding hydrogens is 357 g/mol. The summed E-state index contributed by atoms with van der Waals surface area (Å²) in [4.78, 5) is 18.9. The molecule has 28 heavy (non-hydrogen) atoms. The molecule has 1 saturated heterocycles. The summed E-state index contributed by atoms with van der Waals surface area (Å²) in [6, 6.07) is 13.0. The van der Waals surface area contributed by atoms with Gasteiger partial charge in [0.1, 0.15) is 11.6 Å². The van der Waals surface area contributed by atoms with Crippen molar-refractivity contribution in [3.05, 3.63) is 59.4 Å². The van der Waals surface area contributed by atoms with Gasteiger partial charge < -0.3 is 14.5 Å². The van der Waals surface area contributed by atoms with Crippen LogP contribution in [0.25, 0.3) is 0 Å². The molecule has 0 spiro atoms. The molecule has 148 valence electrons. The van der Waals surface area contributed by atoms with Crippen LogP contribution >= 0.6 is 0 Å². The molecule has 2 aromatic carbocycles. The van der Waals surface area contributed by atoms with Crippen LogP contribution in [0.4, 0.5) is 10.1 Å². The number of amides is 1. The maximum absolute atomic E-state index is 14.0. The quantitative estimate of drug-likeness (QED) is 0.813. The summed E-state index contributed by atoms with van der Waals surface area (Å²) in [7, 11) is 1.67. The molecule has 0 bridgehead atoms. The molecule has 2 heterocycles. The highest BCUT2D eigenvalue weighted by molar-refractivity contribution is 5.78. The summed E-state index contributed by atoms with van der Waals surface area (Å²) >= 11 is 0. The van der Waals surface area contributed by atoms with Crippen LogP contribution in [-0.2, 0) is 17.8 Å². The fraction of sp³-hybridized carbons (Fsp3) is 0.409. The number of anilines is 1. The van der Waals surface area contributed by atoms with E-state index in [-0.39, 0.29) is 11.7 Å². The molecule has 0 aromatic heterocycles. The number of ether oxygens (including phenoxy) is 1. The molecular formula is C22H26FN3O2. The van der Waals surface area contributed by atoms with Gasteiger partial charge in [0, 0.05) is 39.3 Å². The molecule has 6 heteroatoms. The highest BCUT2D eigenvalue weighted by Crippen LogP contribution is 2.24. The smallest absolute Gasteiger partial charge is 0.236 e. The lowest BCUT2D eigenvalue weighted by Crippen LogP contribution is -2.51. The fourth-order valence-corrected chi connectivity index (χ4v) is 4.05. The average molecular weight is 383 g/mol. The zero-order valence-corrected chi connectivity index (χ0v) is 16.2. The van der Waals surface area contributed by atoms with Crippen molar-refractivity contribution in [3.8, 4) is 5.75 Å². The Bertz CT molecular complexity index is 849. The molecule has 4 rings (SSSR count). The number of hydrogen-bond acceptors (Lipinski definition) is 4. The maximum atomic E-state index is 14.0. The van der Waals surface area contributed by atoms with Crippen LogP contribution in [0.3, 0.4) is 0 Å². The Morgan fingerprint density at radius 3 is 2.57 bits per heavy atom. The SMILES string of the molecule is COc1ccc2c(c1)CN(CC(=O)N1CCN(c3ccccc3F)CC1)CC2. The van der Waals surface area contributed by atoms with Crippen molar-refractivity contribution in [1.82, 2.24) is 9.80 Å². The van der Waals surface area contributed by atoms with Gasteiger partial charge >= 0.3 is 0 Å². The molecule has 0 unspecified atom stereocenters. The highest BCUT2D eigenvalue weighted by Gasteiger charge is 2.25. The van der Waals surface area contributed by atoms with Gasteiger partial charge in [-0.15, -0.1) is 0 Å². The minimum absolute atomic E-state index is 0.152. The Balaban J connectivity index is 1.32. The van der Waals surface area contributed by atoms with E-state index in [1.54, 1.807) is 19.2 Å². The van der Waals surface area contributed by atoms with Gasteiger partial charge in [-0.3, -0.25) is 9.69 Å². The summed E-state index contributed by atoms with van der Waals surface area (Å²) < 4.78 is 19.3. The van der Waals surface area contributed by atoms with Gasteiger partial charge in [-0.2, -0.15) is 0 Å². The fourth-order valence-electron chi connectivity index (χ4n) is 4.05. The first-order valence-electron chi connectivity index (χ1n) is 9.79. The number of hydrogen-bond donors (Lipinski definition) is 0. The van der Waals surface area contributed by atoms with Gasteiger partial charge in [0.25, 0.3) is 0 Å². The van der Waals surface area contributed by atoms with E-state index in [4.69, 9.17) is 4.74 Å². The lowest BCUT2D eigenvalue weighted by molar-refractivity contribution is -0.132. The van der Waals surface area contributed by atoms with Crippen molar-refractivity contribution in [1.29, 1.82) is 0 Å². The predicted molar refractivity (Wildman–Crippen MR) is 107 cm³/mol. The van der Waals surface area contributed by atoms with Crippen molar-refractivity contribution in [3.63, 3.8) is 0 Å². The minimum atomic E-state index is -0.204. The third kappa shape index (κ3) is 3.97. The first-order valence-corrected chi connectivity index (χ1v) is 9.79. The van der Waals surface area contributed by atoms with Crippen LogP contribution in [-0.4, -0.2) is 62.1 Å². The number of methoxy groups -OCH3 is 1. The molecule has 0 aliphatic carbocycles. The second kappa shape index (κ2) is 8.19. The van der Waals surface area contributed by atoms with Crippen molar-refractivity contribution in [2.45, 2.75) is 13.0 Å². The number of benzene rings is 2. The summed E-state index contributed by atoms with van der Waals surface area (Å²) in [6.45, 7) is 4.67.